The third kappa shape index (κ3) is 3.69. The minimum atomic E-state index is -0.0711. The maximum atomic E-state index is 12.9. The van der Waals surface area contributed by atoms with Gasteiger partial charge in [-0.3, -0.25) is 9.78 Å². The van der Waals surface area contributed by atoms with Crippen molar-refractivity contribution in [2.75, 3.05) is 26.3 Å². The van der Waals surface area contributed by atoms with Gasteiger partial charge in [0.05, 0.1) is 19.3 Å². The van der Waals surface area contributed by atoms with E-state index in [9.17, 15) is 4.79 Å². The molecule has 0 radical (unpaired) electrons. The molecule has 2 atom stereocenters. The quantitative estimate of drug-likeness (QED) is 0.813. The lowest BCUT2D eigenvalue weighted by atomic mass is 9.73. The Labute approximate surface area is 155 Å². The van der Waals surface area contributed by atoms with Gasteiger partial charge in [-0.05, 0) is 56.2 Å². The fourth-order valence-electron chi connectivity index (χ4n) is 4.59. The van der Waals surface area contributed by atoms with E-state index < -0.39 is 0 Å². The van der Waals surface area contributed by atoms with E-state index in [4.69, 9.17) is 9.47 Å². The number of rotatable bonds is 5. The van der Waals surface area contributed by atoms with Crippen LogP contribution in [0.2, 0.25) is 0 Å². The Morgan fingerprint density at radius 2 is 2.23 bits per heavy atom. The minimum Gasteiger partial charge on any atom is -0.377 e. The molecule has 5 heteroatoms. The average molecular weight is 356 g/mol. The van der Waals surface area contributed by atoms with Crippen LogP contribution in [-0.2, 0) is 20.9 Å². The summed E-state index contributed by atoms with van der Waals surface area (Å²) in [5.41, 5.74) is 2.07. The van der Waals surface area contributed by atoms with E-state index in [0.717, 1.165) is 69.4 Å². The Kier molecular flexibility index (Phi) is 5.36. The maximum absolute atomic E-state index is 12.9. The predicted molar refractivity (Wildman–Crippen MR) is 98.4 cm³/mol. The van der Waals surface area contributed by atoms with Crippen LogP contribution in [0.4, 0.5) is 0 Å². The van der Waals surface area contributed by atoms with Crippen molar-refractivity contribution in [1.82, 2.24) is 9.88 Å². The third-order valence-electron chi connectivity index (χ3n) is 6.00. The fraction of sp³-hybridized carbons (Fsp3) is 0.619. The van der Waals surface area contributed by atoms with Crippen LogP contribution in [0.1, 0.15) is 44.1 Å². The van der Waals surface area contributed by atoms with Crippen molar-refractivity contribution >= 4 is 5.91 Å². The van der Waals surface area contributed by atoms with E-state index in [-0.39, 0.29) is 17.4 Å². The Morgan fingerprint density at radius 1 is 1.35 bits per heavy atom. The molecule has 1 aromatic rings. The lowest BCUT2D eigenvalue weighted by Crippen LogP contribution is -2.58. The summed E-state index contributed by atoms with van der Waals surface area (Å²) in [6.07, 6.45) is 12.0. The lowest BCUT2D eigenvalue weighted by molar-refractivity contribution is -0.163. The Hall–Kier alpha value is -1.72. The van der Waals surface area contributed by atoms with Gasteiger partial charge >= 0.3 is 0 Å². The summed E-state index contributed by atoms with van der Waals surface area (Å²) in [5.74, 6) is 0.236. The second kappa shape index (κ2) is 7.89. The lowest BCUT2D eigenvalue weighted by Gasteiger charge is -2.50. The van der Waals surface area contributed by atoms with E-state index in [2.05, 4.69) is 16.0 Å². The molecule has 140 valence electrons. The Bertz CT molecular complexity index is 660. The molecule has 5 nitrogen and oxygen atoms in total. The van der Waals surface area contributed by atoms with Crippen molar-refractivity contribution in [2.24, 2.45) is 5.41 Å². The highest BCUT2D eigenvalue weighted by Crippen LogP contribution is 2.41. The van der Waals surface area contributed by atoms with Gasteiger partial charge in [-0.1, -0.05) is 6.08 Å². The van der Waals surface area contributed by atoms with Gasteiger partial charge in [0.15, 0.2) is 0 Å². The largest absolute Gasteiger partial charge is 0.377 e. The number of fused-ring (bicyclic) bond motifs is 1. The molecule has 1 aromatic heterocycles. The number of carbonyl (C=O) groups excluding carboxylic acids is 1. The highest BCUT2D eigenvalue weighted by atomic mass is 16.5. The van der Waals surface area contributed by atoms with Gasteiger partial charge in [-0.15, -0.1) is 0 Å². The second-order valence-electron chi connectivity index (χ2n) is 7.81. The first kappa shape index (κ1) is 17.7. The molecule has 2 unspecified atom stereocenters. The number of likely N-dealkylation sites (tertiary alicyclic amines) is 1. The zero-order chi connectivity index (χ0) is 17.8. The predicted octanol–water partition coefficient (Wildman–Crippen LogP) is 3.11. The highest BCUT2D eigenvalue weighted by molar-refractivity contribution is 5.93. The molecule has 0 bridgehead atoms. The highest BCUT2D eigenvalue weighted by Gasteiger charge is 2.47. The van der Waals surface area contributed by atoms with E-state index >= 15 is 0 Å². The van der Waals surface area contributed by atoms with Gasteiger partial charge in [-0.2, -0.15) is 0 Å². The maximum Gasteiger partial charge on any atom is 0.249 e. The van der Waals surface area contributed by atoms with Crippen molar-refractivity contribution < 1.29 is 14.3 Å². The number of amides is 1. The van der Waals surface area contributed by atoms with E-state index in [1.165, 1.54) is 0 Å². The van der Waals surface area contributed by atoms with E-state index in [0.29, 0.717) is 13.2 Å². The first-order valence-electron chi connectivity index (χ1n) is 9.83. The standard InChI is InChI=1S/C21H28N2O3/c24-20(18-4-1-2-5-18)23-12-8-19-21(15-23,9-3-13-26-19)16-25-14-17-6-10-22-11-7-17/h4,6-7,10-11,19H,1-3,5,8-9,12-16H2. The van der Waals surface area contributed by atoms with Gasteiger partial charge in [0.1, 0.15) is 0 Å². The minimum absolute atomic E-state index is 0.0711. The Morgan fingerprint density at radius 3 is 3.04 bits per heavy atom. The van der Waals surface area contributed by atoms with Gasteiger partial charge in [0.2, 0.25) is 5.91 Å². The van der Waals surface area contributed by atoms with Crippen molar-refractivity contribution in [2.45, 2.75) is 51.2 Å². The summed E-state index contributed by atoms with van der Waals surface area (Å²) in [4.78, 5) is 19.0. The summed E-state index contributed by atoms with van der Waals surface area (Å²) in [7, 11) is 0. The number of aromatic nitrogens is 1. The molecule has 2 saturated heterocycles. The summed E-state index contributed by atoms with van der Waals surface area (Å²) in [6.45, 7) is 3.60. The van der Waals surface area contributed by atoms with Crippen LogP contribution >= 0.6 is 0 Å². The number of pyridine rings is 1. The summed E-state index contributed by atoms with van der Waals surface area (Å²) in [5, 5.41) is 0. The fourth-order valence-corrected chi connectivity index (χ4v) is 4.59. The normalized spacial score (nSPS) is 28.5. The monoisotopic (exact) mass is 356 g/mol. The van der Waals surface area contributed by atoms with Crippen LogP contribution in [0.15, 0.2) is 36.2 Å². The molecule has 4 rings (SSSR count). The zero-order valence-electron chi connectivity index (χ0n) is 15.4. The molecule has 0 spiro atoms. The van der Waals surface area contributed by atoms with Crippen molar-refractivity contribution in [3.05, 3.63) is 41.7 Å². The molecule has 1 aliphatic carbocycles. The van der Waals surface area contributed by atoms with Crippen LogP contribution in [0.5, 0.6) is 0 Å². The average Bonchev–Trinajstić information content (AvgIpc) is 3.22. The number of nitrogens with zero attached hydrogens (tertiary/aromatic N) is 2. The second-order valence-corrected chi connectivity index (χ2v) is 7.81. The van der Waals surface area contributed by atoms with E-state index in [1.54, 1.807) is 12.4 Å². The van der Waals surface area contributed by atoms with Crippen LogP contribution in [0, 0.1) is 5.41 Å². The molecule has 2 aliphatic heterocycles. The van der Waals surface area contributed by atoms with Crippen LogP contribution in [0.3, 0.4) is 0 Å². The van der Waals surface area contributed by atoms with Crippen molar-refractivity contribution in [3.8, 4) is 0 Å². The first-order valence-corrected chi connectivity index (χ1v) is 9.83. The van der Waals surface area contributed by atoms with Crippen LogP contribution < -0.4 is 0 Å². The van der Waals surface area contributed by atoms with Gasteiger partial charge in [0.25, 0.3) is 0 Å². The molecule has 0 aromatic carbocycles. The molecular formula is C21H28N2O3. The number of carbonyl (C=O) groups is 1. The van der Waals surface area contributed by atoms with Crippen LogP contribution in [-0.4, -0.2) is 48.2 Å². The van der Waals surface area contributed by atoms with E-state index in [1.807, 2.05) is 12.1 Å². The topological polar surface area (TPSA) is 51.7 Å². The van der Waals surface area contributed by atoms with Gasteiger partial charge in [0, 0.05) is 43.1 Å². The third-order valence-corrected chi connectivity index (χ3v) is 6.00. The van der Waals surface area contributed by atoms with Crippen LogP contribution in [0.25, 0.3) is 0 Å². The SMILES string of the molecule is O=C(C1=CCCC1)N1CCC2OCCCC2(COCc2ccncc2)C1. The molecule has 0 saturated carbocycles. The van der Waals surface area contributed by atoms with Crippen molar-refractivity contribution in [3.63, 3.8) is 0 Å². The number of ether oxygens (including phenoxy) is 2. The van der Waals surface area contributed by atoms with Gasteiger partial charge in [-0.25, -0.2) is 0 Å². The first-order chi connectivity index (χ1) is 12.8. The molecule has 3 aliphatic rings. The number of hydrogen-bond donors (Lipinski definition) is 0. The van der Waals surface area contributed by atoms with Crippen molar-refractivity contribution in [1.29, 1.82) is 0 Å². The number of allylic oxidation sites excluding steroid dienone is 1. The molecule has 1 amide bonds. The molecular weight excluding hydrogens is 328 g/mol. The molecule has 0 N–H and O–H groups in total. The number of piperidine rings is 1. The van der Waals surface area contributed by atoms with Gasteiger partial charge < -0.3 is 14.4 Å². The smallest absolute Gasteiger partial charge is 0.249 e. The number of hydrogen-bond acceptors (Lipinski definition) is 4. The summed E-state index contributed by atoms with van der Waals surface area (Å²) in [6, 6.07) is 3.96. The summed E-state index contributed by atoms with van der Waals surface area (Å²) >= 11 is 0. The molecule has 26 heavy (non-hydrogen) atoms. The summed E-state index contributed by atoms with van der Waals surface area (Å²) < 4.78 is 12.2. The zero-order valence-corrected chi connectivity index (χ0v) is 15.4. The molecule has 3 heterocycles. The molecule has 2 fully saturated rings. The Balaban J connectivity index is 1.43.